The zero-order valence-corrected chi connectivity index (χ0v) is 18.0. The van der Waals surface area contributed by atoms with Crippen molar-refractivity contribution in [3.8, 4) is 5.75 Å². The minimum Gasteiger partial charge on any atom is -0.496 e. The average Bonchev–Trinajstić information content (AvgIpc) is 2.77. The van der Waals surface area contributed by atoms with Crippen LogP contribution in [0.5, 0.6) is 5.75 Å². The molecule has 0 aliphatic carbocycles. The molecule has 156 valence electrons. The van der Waals surface area contributed by atoms with Crippen molar-refractivity contribution in [3.63, 3.8) is 0 Å². The molecule has 0 unspecified atom stereocenters. The van der Waals surface area contributed by atoms with Gasteiger partial charge >= 0.3 is 0 Å². The van der Waals surface area contributed by atoms with Gasteiger partial charge in [0.05, 0.1) is 30.8 Å². The van der Waals surface area contributed by atoms with Gasteiger partial charge in [-0.15, -0.1) is 11.8 Å². The van der Waals surface area contributed by atoms with Gasteiger partial charge in [0.15, 0.2) is 0 Å². The number of nitrogens with one attached hydrogen (secondary N) is 1. The third-order valence-electron chi connectivity index (χ3n) is 4.66. The van der Waals surface area contributed by atoms with Crippen molar-refractivity contribution in [1.82, 2.24) is 9.62 Å². The van der Waals surface area contributed by atoms with E-state index < -0.39 is 10.0 Å². The second-order valence-electron chi connectivity index (χ2n) is 6.40. The molecule has 1 saturated heterocycles. The number of rotatable bonds is 7. The number of para-hydroxylation sites is 1. The fourth-order valence-electron chi connectivity index (χ4n) is 3.06. The zero-order chi connectivity index (χ0) is 20.9. The summed E-state index contributed by atoms with van der Waals surface area (Å²) in [6.45, 7) is 2.05. The van der Waals surface area contributed by atoms with Crippen molar-refractivity contribution < 1.29 is 22.7 Å². The van der Waals surface area contributed by atoms with E-state index in [4.69, 9.17) is 9.47 Å². The number of thioether (sulfide) groups is 1. The Hall–Kier alpha value is -2.07. The van der Waals surface area contributed by atoms with Crippen molar-refractivity contribution >= 4 is 27.7 Å². The molecular weight excluding hydrogens is 412 g/mol. The fraction of sp³-hybridized carbons (Fsp3) is 0.350. The molecule has 0 radical (unpaired) electrons. The van der Waals surface area contributed by atoms with Gasteiger partial charge in [-0.1, -0.05) is 18.2 Å². The van der Waals surface area contributed by atoms with E-state index in [1.165, 1.54) is 31.0 Å². The molecule has 0 bridgehead atoms. The van der Waals surface area contributed by atoms with E-state index in [0.29, 0.717) is 37.6 Å². The van der Waals surface area contributed by atoms with Crippen LogP contribution in [0.2, 0.25) is 0 Å². The van der Waals surface area contributed by atoms with E-state index in [9.17, 15) is 13.2 Å². The molecule has 3 rings (SSSR count). The molecule has 2 aromatic rings. The lowest BCUT2D eigenvalue weighted by atomic mass is 10.2. The van der Waals surface area contributed by atoms with E-state index in [1.807, 2.05) is 18.4 Å². The van der Waals surface area contributed by atoms with Crippen molar-refractivity contribution in [3.05, 3.63) is 53.6 Å². The van der Waals surface area contributed by atoms with E-state index in [0.717, 1.165) is 10.5 Å². The van der Waals surface area contributed by atoms with Crippen LogP contribution in [-0.2, 0) is 21.3 Å². The monoisotopic (exact) mass is 436 g/mol. The molecule has 9 heteroatoms. The Labute approximate surface area is 175 Å². The summed E-state index contributed by atoms with van der Waals surface area (Å²) in [6.07, 6.45) is 1.86. The lowest BCUT2D eigenvalue weighted by Crippen LogP contribution is -2.41. The molecule has 0 aromatic heterocycles. The van der Waals surface area contributed by atoms with Gasteiger partial charge in [0.2, 0.25) is 10.0 Å². The van der Waals surface area contributed by atoms with Crippen LogP contribution in [0.3, 0.4) is 0 Å². The number of benzene rings is 2. The summed E-state index contributed by atoms with van der Waals surface area (Å²) >= 11 is 1.41. The Balaban J connectivity index is 1.84. The van der Waals surface area contributed by atoms with Crippen LogP contribution in [0.25, 0.3) is 0 Å². The lowest BCUT2D eigenvalue weighted by Gasteiger charge is -2.27. The Morgan fingerprint density at radius 2 is 1.93 bits per heavy atom. The van der Waals surface area contributed by atoms with Crippen molar-refractivity contribution in [1.29, 1.82) is 0 Å². The Kier molecular flexibility index (Phi) is 7.18. The second-order valence-corrected chi connectivity index (χ2v) is 9.02. The number of sulfonamides is 1. The molecule has 1 fully saturated rings. The quantitative estimate of drug-likeness (QED) is 0.671. The van der Waals surface area contributed by atoms with Gasteiger partial charge in [-0.25, -0.2) is 13.1 Å². The number of hydrogen-bond donors (Lipinski definition) is 1. The van der Waals surface area contributed by atoms with Crippen molar-refractivity contribution in [2.45, 2.75) is 16.3 Å². The molecular formula is C20H24N2O5S2. The maximum Gasteiger partial charge on any atom is 0.255 e. The van der Waals surface area contributed by atoms with E-state index >= 15 is 0 Å². The highest BCUT2D eigenvalue weighted by Gasteiger charge is 2.24. The van der Waals surface area contributed by atoms with Gasteiger partial charge in [0, 0.05) is 30.1 Å². The highest BCUT2D eigenvalue weighted by molar-refractivity contribution is 7.98. The van der Waals surface area contributed by atoms with Gasteiger partial charge in [0.1, 0.15) is 5.75 Å². The number of amides is 1. The third-order valence-corrected chi connectivity index (χ3v) is 6.85. The number of morpholine rings is 1. The Morgan fingerprint density at radius 1 is 1.21 bits per heavy atom. The molecule has 1 amide bonds. The summed E-state index contributed by atoms with van der Waals surface area (Å²) < 4.78 is 38.9. The van der Waals surface area contributed by atoms with Gasteiger partial charge in [0.25, 0.3) is 5.91 Å². The topological polar surface area (TPSA) is 84.9 Å². The first-order chi connectivity index (χ1) is 14.0. The van der Waals surface area contributed by atoms with Crippen LogP contribution in [0, 0.1) is 0 Å². The van der Waals surface area contributed by atoms with Crippen molar-refractivity contribution in [2.75, 3.05) is 39.7 Å². The first kappa shape index (κ1) is 21.6. The maximum absolute atomic E-state index is 12.9. The highest BCUT2D eigenvalue weighted by atomic mass is 32.2. The third kappa shape index (κ3) is 5.11. The van der Waals surface area contributed by atoms with Crippen LogP contribution in [0.1, 0.15) is 15.9 Å². The summed E-state index contributed by atoms with van der Waals surface area (Å²) in [7, 11) is -2.27. The average molecular weight is 437 g/mol. The maximum atomic E-state index is 12.9. The summed E-state index contributed by atoms with van der Waals surface area (Å²) in [5.41, 5.74) is 1.11. The number of hydrogen-bond acceptors (Lipinski definition) is 6. The number of nitrogens with zero attached hydrogens (tertiary/aromatic N) is 1. The summed E-state index contributed by atoms with van der Waals surface area (Å²) in [5.74, 6) is 0.426. The second kappa shape index (κ2) is 9.62. The number of ether oxygens (including phenoxy) is 2. The lowest BCUT2D eigenvalue weighted by molar-refractivity contribution is 0.0300. The first-order valence-electron chi connectivity index (χ1n) is 9.13. The highest BCUT2D eigenvalue weighted by Crippen LogP contribution is 2.26. The van der Waals surface area contributed by atoms with E-state index in [1.54, 1.807) is 23.1 Å². The number of carbonyl (C=O) groups is 1. The molecule has 29 heavy (non-hydrogen) atoms. The fourth-order valence-corrected chi connectivity index (χ4v) is 4.67. The summed E-state index contributed by atoms with van der Waals surface area (Å²) in [5, 5.41) is 0. The molecule has 0 spiro atoms. The Morgan fingerprint density at radius 3 is 2.62 bits per heavy atom. The molecule has 1 heterocycles. The normalized spacial score (nSPS) is 14.6. The van der Waals surface area contributed by atoms with Crippen LogP contribution >= 0.6 is 11.8 Å². The largest absolute Gasteiger partial charge is 0.496 e. The number of methoxy groups -OCH3 is 1. The summed E-state index contributed by atoms with van der Waals surface area (Å²) in [6, 6.07) is 11.9. The van der Waals surface area contributed by atoms with Crippen LogP contribution in [0.15, 0.2) is 52.3 Å². The molecule has 7 nitrogen and oxygen atoms in total. The van der Waals surface area contributed by atoms with Crippen LogP contribution in [-0.4, -0.2) is 58.9 Å². The Bertz CT molecular complexity index is 973. The van der Waals surface area contributed by atoms with Gasteiger partial charge in [-0.3, -0.25) is 4.79 Å². The molecule has 2 aromatic carbocycles. The van der Waals surface area contributed by atoms with E-state index in [2.05, 4.69) is 4.72 Å². The van der Waals surface area contributed by atoms with Gasteiger partial charge in [-0.05, 0) is 30.5 Å². The smallest absolute Gasteiger partial charge is 0.255 e. The van der Waals surface area contributed by atoms with Crippen LogP contribution in [0.4, 0.5) is 0 Å². The SMILES string of the molecule is COc1ccccc1CNS(=O)(=O)c1ccc(SC)c(C(=O)N2CCOCC2)c1. The zero-order valence-electron chi connectivity index (χ0n) is 16.4. The predicted molar refractivity (Wildman–Crippen MR) is 112 cm³/mol. The number of carbonyl (C=O) groups excluding carboxylic acids is 1. The molecule has 1 aliphatic heterocycles. The summed E-state index contributed by atoms with van der Waals surface area (Å²) in [4.78, 5) is 15.4. The van der Waals surface area contributed by atoms with Gasteiger partial charge < -0.3 is 14.4 Å². The van der Waals surface area contributed by atoms with Crippen LogP contribution < -0.4 is 9.46 Å². The van der Waals surface area contributed by atoms with Gasteiger partial charge in [-0.2, -0.15) is 0 Å². The first-order valence-corrected chi connectivity index (χ1v) is 11.8. The minimum absolute atomic E-state index is 0.0572. The molecule has 1 aliphatic rings. The van der Waals surface area contributed by atoms with E-state index in [-0.39, 0.29) is 17.3 Å². The van der Waals surface area contributed by atoms with Crippen molar-refractivity contribution in [2.24, 2.45) is 0 Å². The molecule has 1 N–H and O–H groups in total. The molecule has 0 atom stereocenters. The minimum atomic E-state index is -3.81. The standard InChI is InChI=1S/C20H24N2O5S2/c1-26-18-6-4-3-5-15(18)14-21-29(24,25)16-7-8-19(28-2)17(13-16)20(23)22-9-11-27-12-10-22/h3-8,13,21H,9-12,14H2,1-2H3. The molecule has 0 saturated carbocycles. The predicted octanol–water partition coefficient (Wildman–Crippen LogP) is 2.37.